The molecule has 1 aliphatic heterocycles. The molecular formula is C22H29N3O7S2. The maximum atomic E-state index is 13.0. The number of anilines is 2. The molecule has 2 aromatic carbocycles. The molecular weight excluding hydrogens is 482 g/mol. The lowest BCUT2D eigenvalue weighted by Gasteiger charge is -2.26. The van der Waals surface area contributed by atoms with Crippen LogP contribution >= 0.6 is 0 Å². The van der Waals surface area contributed by atoms with E-state index < -0.39 is 32.5 Å². The van der Waals surface area contributed by atoms with E-state index in [9.17, 15) is 21.6 Å². The van der Waals surface area contributed by atoms with Crippen molar-refractivity contribution in [1.29, 1.82) is 0 Å². The van der Waals surface area contributed by atoms with Crippen molar-refractivity contribution in [2.45, 2.75) is 18.2 Å². The number of nitrogens with one attached hydrogen (secondary N) is 1. The Morgan fingerprint density at radius 2 is 1.79 bits per heavy atom. The summed E-state index contributed by atoms with van der Waals surface area (Å²) in [5.74, 6) is -0.398. The Hall–Kier alpha value is -2.67. The lowest BCUT2D eigenvalue weighted by atomic mass is 10.1. The molecule has 1 saturated heterocycles. The average molecular weight is 512 g/mol. The second kappa shape index (κ2) is 10.7. The van der Waals surface area contributed by atoms with Gasteiger partial charge in [0.25, 0.3) is 0 Å². The molecule has 0 unspecified atom stereocenters. The zero-order chi connectivity index (χ0) is 24.9. The third-order valence-corrected chi connectivity index (χ3v) is 8.40. The third kappa shape index (κ3) is 5.87. The van der Waals surface area contributed by atoms with E-state index in [0.29, 0.717) is 25.3 Å². The fourth-order valence-electron chi connectivity index (χ4n) is 3.64. The van der Waals surface area contributed by atoms with Gasteiger partial charge in [0.2, 0.25) is 26.0 Å². The number of para-hydroxylation sites is 1. The van der Waals surface area contributed by atoms with Gasteiger partial charge in [-0.05, 0) is 36.2 Å². The Bertz CT molecular complexity index is 1240. The maximum absolute atomic E-state index is 13.0. The summed E-state index contributed by atoms with van der Waals surface area (Å²) in [5.41, 5.74) is 1.31. The molecule has 1 N–H and O–H groups in total. The van der Waals surface area contributed by atoms with Crippen molar-refractivity contribution in [2.75, 3.05) is 55.8 Å². The fraction of sp³-hybridized carbons (Fsp3) is 0.409. The van der Waals surface area contributed by atoms with Gasteiger partial charge in [0.1, 0.15) is 12.3 Å². The van der Waals surface area contributed by atoms with Crippen LogP contribution in [0.5, 0.6) is 5.75 Å². The summed E-state index contributed by atoms with van der Waals surface area (Å²) in [5, 5.41) is 2.61. The zero-order valence-electron chi connectivity index (χ0n) is 19.4. The number of carbonyl (C=O) groups is 1. The van der Waals surface area contributed by atoms with Crippen molar-refractivity contribution in [3.63, 3.8) is 0 Å². The van der Waals surface area contributed by atoms with Crippen LogP contribution in [0.3, 0.4) is 0 Å². The molecule has 0 radical (unpaired) electrons. The third-order valence-electron chi connectivity index (χ3n) is 5.38. The summed E-state index contributed by atoms with van der Waals surface area (Å²) in [6.45, 7) is 2.48. The van der Waals surface area contributed by atoms with E-state index in [2.05, 4.69) is 5.32 Å². The maximum Gasteiger partial charge on any atom is 0.245 e. The Morgan fingerprint density at radius 1 is 1.12 bits per heavy atom. The second-order valence-electron chi connectivity index (χ2n) is 7.68. The molecule has 10 nitrogen and oxygen atoms in total. The minimum absolute atomic E-state index is 0.0122. The van der Waals surface area contributed by atoms with Crippen LogP contribution in [-0.4, -0.2) is 73.3 Å². The van der Waals surface area contributed by atoms with Gasteiger partial charge in [0, 0.05) is 13.1 Å². The quantitative estimate of drug-likeness (QED) is 0.544. The number of ether oxygens (including phenoxy) is 2. The van der Waals surface area contributed by atoms with E-state index in [0.717, 1.165) is 16.1 Å². The molecule has 0 aromatic heterocycles. The average Bonchev–Trinajstić information content (AvgIpc) is 2.82. The molecule has 3 rings (SSSR count). The number of morpholine rings is 1. The van der Waals surface area contributed by atoms with Crippen LogP contribution in [-0.2, 0) is 36.0 Å². The van der Waals surface area contributed by atoms with Crippen LogP contribution in [0, 0.1) is 0 Å². The van der Waals surface area contributed by atoms with E-state index in [1.165, 1.54) is 29.6 Å². The smallest absolute Gasteiger partial charge is 0.245 e. The highest BCUT2D eigenvalue weighted by atomic mass is 32.2. The van der Waals surface area contributed by atoms with E-state index in [-0.39, 0.29) is 29.4 Å². The van der Waals surface area contributed by atoms with Gasteiger partial charge in [0.05, 0.1) is 42.8 Å². The lowest BCUT2D eigenvalue weighted by molar-refractivity contribution is -0.114. The number of carbonyl (C=O) groups excluding carboxylic acids is 1. The van der Waals surface area contributed by atoms with E-state index in [1.54, 1.807) is 24.3 Å². The van der Waals surface area contributed by atoms with Gasteiger partial charge >= 0.3 is 0 Å². The largest absolute Gasteiger partial charge is 0.495 e. The summed E-state index contributed by atoms with van der Waals surface area (Å²) in [4.78, 5) is 12.9. The molecule has 0 atom stereocenters. The van der Waals surface area contributed by atoms with Crippen molar-refractivity contribution >= 4 is 37.3 Å². The van der Waals surface area contributed by atoms with Crippen LogP contribution in [0.4, 0.5) is 11.4 Å². The van der Waals surface area contributed by atoms with E-state index in [4.69, 9.17) is 9.47 Å². The number of nitrogens with zero attached hydrogens (tertiary/aromatic N) is 2. The fourth-order valence-corrected chi connectivity index (χ4v) is 5.96. The summed E-state index contributed by atoms with van der Waals surface area (Å²) in [6.07, 6.45) is 1.61. The molecule has 34 heavy (non-hydrogen) atoms. The molecule has 0 saturated carbocycles. The monoisotopic (exact) mass is 511 g/mol. The first-order valence-corrected chi connectivity index (χ1v) is 14.0. The number of hydrogen-bond acceptors (Lipinski definition) is 7. The van der Waals surface area contributed by atoms with Gasteiger partial charge < -0.3 is 14.8 Å². The first kappa shape index (κ1) is 25.9. The Balaban J connectivity index is 1.89. The van der Waals surface area contributed by atoms with Gasteiger partial charge in [-0.3, -0.25) is 9.10 Å². The van der Waals surface area contributed by atoms with Crippen LogP contribution in [0.1, 0.15) is 12.5 Å². The SMILES string of the molecule is CCc1ccccc1N(CC(=O)Nc1cc(S(=O)(=O)N2CCOCC2)ccc1OC)S(C)(=O)=O. The van der Waals surface area contributed by atoms with Gasteiger partial charge in [-0.25, -0.2) is 16.8 Å². The normalized spacial score (nSPS) is 15.0. The van der Waals surface area contributed by atoms with Gasteiger partial charge in [0.15, 0.2) is 0 Å². The number of hydrogen-bond donors (Lipinski definition) is 1. The van der Waals surface area contributed by atoms with Crippen LogP contribution in [0.25, 0.3) is 0 Å². The molecule has 2 aromatic rings. The molecule has 1 aliphatic rings. The molecule has 1 amide bonds. The predicted molar refractivity (Wildman–Crippen MR) is 129 cm³/mol. The van der Waals surface area contributed by atoms with Crippen LogP contribution in [0.2, 0.25) is 0 Å². The van der Waals surface area contributed by atoms with Crippen LogP contribution < -0.4 is 14.4 Å². The number of methoxy groups -OCH3 is 1. The number of amides is 1. The molecule has 0 bridgehead atoms. The number of sulfonamides is 2. The summed E-state index contributed by atoms with van der Waals surface area (Å²) in [6, 6.07) is 11.1. The van der Waals surface area contributed by atoms with E-state index in [1.807, 2.05) is 6.92 Å². The second-order valence-corrected chi connectivity index (χ2v) is 11.5. The van der Waals surface area contributed by atoms with Gasteiger partial charge in [-0.1, -0.05) is 25.1 Å². The first-order chi connectivity index (χ1) is 16.1. The molecule has 1 heterocycles. The summed E-state index contributed by atoms with van der Waals surface area (Å²) >= 11 is 0. The molecule has 186 valence electrons. The van der Waals surface area contributed by atoms with Crippen molar-refractivity contribution in [2.24, 2.45) is 0 Å². The van der Waals surface area contributed by atoms with Crippen molar-refractivity contribution < 1.29 is 31.1 Å². The van der Waals surface area contributed by atoms with Crippen molar-refractivity contribution in [3.05, 3.63) is 48.0 Å². The highest BCUT2D eigenvalue weighted by Crippen LogP contribution is 2.30. The Kier molecular flexibility index (Phi) is 8.18. The molecule has 1 fully saturated rings. The number of rotatable bonds is 9. The van der Waals surface area contributed by atoms with E-state index >= 15 is 0 Å². The molecule has 0 aliphatic carbocycles. The minimum Gasteiger partial charge on any atom is -0.495 e. The topological polar surface area (TPSA) is 122 Å². The Labute approximate surface area is 200 Å². The highest BCUT2D eigenvalue weighted by molar-refractivity contribution is 7.92. The first-order valence-electron chi connectivity index (χ1n) is 10.7. The van der Waals surface area contributed by atoms with Gasteiger partial charge in [-0.2, -0.15) is 4.31 Å². The number of aryl methyl sites for hydroxylation is 1. The number of benzene rings is 2. The highest BCUT2D eigenvalue weighted by Gasteiger charge is 2.28. The molecule has 12 heteroatoms. The lowest BCUT2D eigenvalue weighted by Crippen LogP contribution is -2.40. The molecule has 0 spiro atoms. The Morgan fingerprint density at radius 3 is 2.41 bits per heavy atom. The standard InChI is InChI=1S/C22H29N3O7S2/c1-4-17-7-5-6-8-20(17)25(33(3,27)28)16-22(26)23-19-15-18(9-10-21(19)31-2)34(29,30)24-11-13-32-14-12-24/h5-10,15H,4,11-14,16H2,1-3H3,(H,23,26). The predicted octanol–water partition coefficient (Wildman–Crippen LogP) is 1.68. The van der Waals surface area contributed by atoms with Gasteiger partial charge in [-0.15, -0.1) is 0 Å². The van der Waals surface area contributed by atoms with Crippen molar-refractivity contribution in [3.8, 4) is 5.75 Å². The summed E-state index contributed by atoms with van der Waals surface area (Å²) in [7, 11) is -6.19. The minimum atomic E-state index is -3.80. The van der Waals surface area contributed by atoms with Crippen molar-refractivity contribution in [1.82, 2.24) is 4.31 Å². The zero-order valence-corrected chi connectivity index (χ0v) is 21.0. The summed E-state index contributed by atoms with van der Waals surface area (Å²) < 4.78 is 63.9. The van der Waals surface area contributed by atoms with Crippen LogP contribution in [0.15, 0.2) is 47.4 Å².